The van der Waals surface area contributed by atoms with Gasteiger partial charge in [0.15, 0.2) is 0 Å². The number of likely N-dealkylation sites (N-methyl/N-ethyl adjacent to an activating group) is 1. The molecule has 0 aliphatic rings. The molecule has 0 heterocycles. The molecule has 2 unspecified atom stereocenters. The number of carbonyl (C=O) groups excluding carboxylic acids is 1. The second kappa shape index (κ2) is 6.79. The van der Waals surface area contributed by atoms with Gasteiger partial charge in [-0.3, -0.25) is 4.79 Å². The highest BCUT2D eigenvalue weighted by Crippen LogP contribution is 1.94. The van der Waals surface area contributed by atoms with E-state index in [-0.39, 0.29) is 24.5 Å². The summed E-state index contributed by atoms with van der Waals surface area (Å²) in [6.45, 7) is 7.27. The molecule has 0 rings (SSSR count). The monoisotopic (exact) mass is 202 g/mol. The molecule has 0 aromatic heterocycles. The first-order valence-electron chi connectivity index (χ1n) is 5.12. The number of amides is 1. The van der Waals surface area contributed by atoms with Crippen LogP contribution in [-0.4, -0.2) is 48.7 Å². The lowest BCUT2D eigenvalue weighted by Crippen LogP contribution is -2.44. The second-order valence-electron chi connectivity index (χ2n) is 3.77. The summed E-state index contributed by atoms with van der Waals surface area (Å²) in [4.78, 5) is 13.3. The van der Waals surface area contributed by atoms with Crippen LogP contribution in [0.2, 0.25) is 0 Å². The molecule has 2 atom stereocenters. The van der Waals surface area contributed by atoms with Gasteiger partial charge in [-0.1, -0.05) is 6.92 Å². The molecule has 4 heteroatoms. The van der Waals surface area contributed by atoms with Gasteiger partial charge in [0.05, 0.1) is 6.04 Å². The fourth-order valence-corrected chi connectivity index (χ4v) is 1.02. The third-order valence-corrected chi connectivity index (χ3v) is 2.31. The van der Waals surface area contributed by atoms with Crippen LogP contribution in [0.15, 0.2) is 0 Å². The summed E-state index contributed by atoms with van der Waals surface area (Å²) in [6, 6.07) is -0.172. The number of hydrogen-bond donors (Lipinski definition) is 2. The van der Waals surface area contributed by atoms with Gasteiger partial charge in [-0.15, -0.1) is 0 Å². The smallest absolute Gasteiger partial charge is 0.239 e. The molecule has 84 valence electrons. The molecule has 0 saturated heterocycles. The summed E-state index contributed by atoms with van der Waals surface area (Å²) in [5.41, 5.74) is 0. The zero-order valence-electron chi connectivity index (χ0n) is 9.58. The molecule has 0 radical (unpaired) electrons. The van der Waals surface area contributed by atoms with E-state index in [0.29, 0.717) is 6.54 Å². The Balaban J connectivity index is 3.84. The molecule has 2 N–H and O–H groups in total. The van der Waals surface area contributed by atoms with Gasteiger partial charge >= 0.3 is 0 Å². The fourth-order valence-electron chi connectivity index (χ4n) is 1.02. The molecular weight excluding hydrogens is 180 g/mol. The van der Waals surface area contributed by atoms with E-state index in [1.54, 1.807) is 11.9 Å². The van der Waals surface area contributed by atoms with E-state index in [2.05, 4.69) is 5.32 Å². The van der Waals surface area contributed by atoms with E-state index in [9.17, 15) is 4.79 Å². The van der Waals surface area contributed by atoms with Crippen molar-refractivity contribution in [3.63, 3.8) is 0 Å². The predicted molar refractivity (Wildman–Crippen MR) is 57.0 cm³/mol. The van der Waals surface area contributed by atoms with Crippen LogP contribution in [0, 0.1) is 5.92 Å². The molecular formula is C10H22N2O2. The maximum Gasteiger partial charge on any atom is 0.239 e. The van der Waals surface area contributed by atoms with Crippen LogP contribution >= 0.6 is 0 Å². The Kier molecular flexibility index (Phi) is 6.49. The molecule has 0 aliphatic carbocycles. The number of hydrogen-bond acceptors (Lipinski definition) is 3. The number of aliphatic hydroxyl groups is 1. The van der Waals surface area contributed by atoms with Gasteiger partial charge < -0.3 is 15.3 Å². The normalized spacial score (nSPS) is 14.9. The minimum Gasteiger partial charge on any atom is -0.396 e. The summed E-state index contributed by atoms with van der Waals surface area (Å²) < 4.78 is 0. The average Bonchev–Trinajstić information content (AvgIpc) is 2.22. The van der Waals surface area contributed by atoms with Crippen LogP contribution in [0.25, 0.3) is 0 Å². The van der Waals surface area contributed by atoms with Crippen molar-refractivity contribution in [1.29, 1.82) is 0 Å². The summed E-state index contributed by atoms with van der Waals surface area (Å²) in [7, 11) is 1.79. The highest BCUT2D eigenvalue weighted by Gasteiger charge is 2.15. The van der Waals surface area contributed by atoms with Crippen molar-refractivity contribution in [2.75, 3.05) is 26.7 Å². The van der Waals surface area contributed by atoms with E-state index in [1.807, 2.05) is 20.8 Å². The molecule has 1 amide bonds. The Morgan fingerprint density at radius 3 is 2.50 bits per heavy atom. The molecule has 4 nitrogen and oxygen atoms in total. The third kappa shape index (κ3) is 4.58. The van der Waals surface area contributed by atoms with Crippen molar-refractivity contribution >= 4 is 5.91 Å². The number of carbonyl (C=O) groups is 1. The lowest BCUT2D eigenvalue weighted by molar-refractivity contribution is -0.131. The maximum atomic E-state index is 11.6. The summed E-state index contributed by atoms with van der Waals surface area (Å²) in [5, 5.41) is 11.9. The summed E-state index contributed by atoms with van der Waals surface area (Å²) in [6.07, 6.45) is 0. The molecule has 0 fully saturated rings. The number of rotatable bonds is 6. The SMILES string of the molecule is CCN(C)C(=O)C(C)NCC(C)CO. The third-order valence-electron chi connectivity index (χ3n) is 2.31. The van der Waals surface area contributed by atoms with E-state index in [4.69, 9.17) is 5.11 Å². The number of nitrogens with one attached hydrogen (secondary N) is 1. The van der Waals surface area contributed by atoms with Crippen molar-refractivity contribution in [2.24, 2.45) is 5.92 Å². The van der Waals surface area contributed by atoms with E-state index >= 15 is 0 Å². The molecule has 0 spiro atoms. The highest BCUT2D eigenvalue weighted by atomic mass is 16.3. The standard InChI is InChI=1S/C10H22N2O2/c1-5-12(4)10(14)9(3)11-6-8(2)7-13/h8-9,11,13H,5-7H2,1-4H3. The topological polar surface area (TPSA) is 52.6 Å². The first kappa shape index (κ1) is 13.4. The molecule has 0 saturated carbocycles. The number of aliphatic hydroxyl groups excluding tert-OH is 1. The van der Waals surface area contributed by atoms with Gasteiger partial charge in [-0.25, -0.2) is 0 Å². The first-order valence-corrected chi connectivity index (χ1v) is 5.12. The largest absolute Gasteiger partial charge is 0.396 e. The van der Waals surface area contributed by atoms with Crippen molar-refractivity contribution in [3.05, 3.63) is 0 Å². The van der Waals surface area contributed by atoms with Crippen LogP contribution in [0.3, 0.4) is 0 Å². The van der Waals surface area contributed by atoms with Crippen LogP contribution in [0.5, 0.6) is 0 Å². The van der Waals surface area contributed by atoms with E-state index < -0.39 is 0 Å². The molecule has 14 heavy (non-hydrogen) atoms. The molecule has 0 aromatic carbocycles. The van der Waals surface area contributed by atoms with E-state index in [1.165, 1.54) is 0 Å². The lowest BCUT2D eigenvalue weighted by Gasteiger charge is -2.21. The van der Waals surface area contributed by atoms with Crippen molar-refractivity contribution in [1.82, 2.24) is 10.2 Å². The summed E-state index contributed by atoms with van der Waals surface area (Å²) in [5.74, 6) is 0.287. The highest BCUT2D eigenvalue weighted by molar-refractivity contribution is 5.81. The second-order valence-corrected chi connectivity index (χ2v) is 3.77. The van der Waals surface area contributed by atoms with Gasteiger partial charge in [0.1, 0.15) is 0 Å². The van der Waals surface area contributed by atoms with Gasteiger partial charge in [0.25, 0.3) is 0 Å². The van der Waals surface area contributed by atoms with E-state index in [0.717, 1.165) is 6.54 Å². The van der Waals surface area contributed by atoms with Crippen LogP contribution in [-0.2, 0) is 4.79 Å². The van der Waals surface area contributed by atoms with Crippen molar-refractivity contribution < 1.29 is 9.90 Å². The Hall–Kier alpha value is -0.610. The van der Waals surface area contributed by atoms with Crippen LogP contribution in [0.4, 0.5) is 0 Å². The van der Waals surface area contributed by atoms with Gasteiger partial charge in [0.2, 0.25) is 5.91 Å². The minimum atomic E-state index is -0.172. The van der Waals surface area contributed by atoms with Gasteiger partial charge in [-0.05, 0) is 19.8 Å². The zero-order valence-corrected chi connectivity index (χ0v) is 9.58. The molecule has 0 bridgehead atoms. The number of nitrogens with zero attached hydrogens (tertiary/aromatic N) is 1. The Labute approximate surface area is 86.3 Å². The molecule has 0 aromatic rings. The van der Waals surface area contributed by atoms with Crippen LogP contribution in [0.1, 0.15) is 20.8 Å². The zero-order chi connectivity index (χ0) is 11.1. The van der Waals surface area contributed by atoms with Gasteiger partial charge in [0, 0.05) is 26.7 Å². The van der Waals surface area contributed by atoms with Gasteiger partial charge in [-0.2, -0.15) is 0 Å². The Morgan fingerprint density at radius 1 is 1.50 bits per heavy atom. The van der Waals surface area contributed by atoms with Crippen LogP contribution < -0.4 is 5.32 Å². The average molecular weight is 202 g/mol. The lowest BCUT2D eigenvalue weighted by atomic mass is 10.2. The maximum absolute atomic E-state index is 11.6. The molecule has 0 aliphatic heterocycles. The predicted octanol–water partition coefficient (Wildman–Crippen LogP) is 0.0712. The quantitative estimate of drug-likeness (QED) is 0.641. The Bertz CT molecular complexity index is 174. The fraction of sp³-hybridized carbons (Fsp3) is 0.900. The van der Waals surface area contributed by atoms with Crippen molar-refractivity contribution in [2.45, 2.75) is 26.8 Å². The first-order chi connectivity index (χ1) is 6.52. The minimum absolute atomic E-state index is 0.0950. The Morgan fingerprint density at radius 2 is 2.07 bits per heavy atom. The summed E-state index contributed by atoms with van der Waals surface area (Å²) >= 11 is 0. The van der Waals surface area contributed by atoms with Crippen molar-refractivity contribution in [3.8, 4) is 0 Å².